The summed E-state index contributed by atoms with van der Waals surface area (Å²) in [6.45, 7) is 4.09. The van der Waals surface area contributed by atoms with Gasteiger partial charge in [-0.05, 0) is 53.1 Å². The molecule has 36 heavy (non-hydrogen) atoms. The lowest BCUT2D eigenvalue weighted by molar-refractivity contribution is -0.132. The number of hydrogen-bond acceptors (Lipinski definition) is 5. The molecule has 0 saturated carbocycles. The second-order valence-corrected chi connectivity index (χ2v) is 9.01. The number of nitrogens with zero attached hydrogens (tertiary/aromatic N) is 4. The first kappa shape index (κ1) is 23.6. The molecule has 1 amide bonds. The molecule has 1 fully saturated rings. The van der Waals surface area contributed by atoms with Crippen molar-refractivity contribution >= 4 is 11.6 Å². The van der Waals surface area contributed by atoms with Gasteiger partial charge in [0, 0.05) is 56.5 Å². The molecule has 2 heterocycles. The Labute approximate surface area is 211 Å². The van der Waals surface area contributed by atoms with Crippen LogP contribution in [0.1, 0.15) is 16.7 Å². The summed E-state index contributed by atoms with van der Waals surface area (Å²) in [5, 5.41) is 3.14. The lowest BCUT2D eigenvalue weighted by Gasteiger charge is -2.29. The van der Waals surface area contributed by atoms with Crippen LogP contribution in [0.15, 0.2) is 91.5 Å². The Morgan fingerprint density at radius 3 is 2.56 bits per heavy atom. The van der Waals surface area contributed by atoms with Crippen molar-refractivity contribution in [2.24, 2.45) is 0 Å². The Balaban J connectivity index is 1.40. The van der Waals surface area contributed by atoms with Crippen molar-refractivity contribution in [2.75, 3.05) is 31.6 Å². The minimum Gasteiger partial charge on any atom is -0.497 e. The number of methoxy groups -OCH3 is 1. The molecule has 1 aliphatic heterocycles. The number of carbonyl (C=O) groups is 1. The zero-order chi connectivity index (χ0) is 24.7. The third-order valence-electron chi connectivity index (χ3n) is 6.46. The normalized spacial score (nSPS) is 13.6. The Morgan fingerprint density at radius 2 is 1.78 bits per heavy atom. The number of carbonyl (C=O) groups excluding carboxylic acids is 1. The van der Waals surface area contributed by atoms with E-state index >= 15 is 0 Å². The maximum absolute atomic E-state index is 12.3. The van der Waals surface area contributed by atoms with E-state index in [0.717, 1.165) is 48.9 Å². The molecule has 0 aliphatic carbocycles. The fraction of sp³-hybridized carbons (Fsp3) is 0.241. The van der Waals surface area contributed by atoms with Gasteiger partial charge in [0.2, 0.25) is 5.91 Å². The molecule has 184 valence electrons. The molecule has 0 radical (unpaired) electrons. The van der Waals surface area contributed by atoms with Gasteiger partial charge in [0.15, 0.2) is 0 Å². The minimum absolute atomic E-state index is 0.151. The summed E-state index contributed by atoms with van der Waals surface area (Å²) < 4.78 is 7.45. The molecule has 0 bridgehead atoms. The molecule has 1 saturated heterocycles. The average Bonchev–Trinajstić information content (AvgIpc) is 3.46. The van der Waals surface area contributed by atoms with Crippen LogP contribution >= 0.6 is 0 Å². The van der Waals surface area contributed by atoms with Gasteiger partial charge in [-0.3, -0.25) is 4.79 Å². The molecule has 0 unspecified atom stereocenters. The topological polar surface area (TPSA) is 62.6 Å². The van der Waals surface area contributed by atoms with Crippen molar-refractivity contribution in [3.63, 3.8) is 0 Å². The molecule has 4 aromatic rings. The van der Waals surface area contributed by atoms with Crippen LogP contribution in [-0.2, 0) is 24.4 Å². The van der Waals surface area contributed by atoms with Crippen LogP contribution in [0, 0.1) is 0 Å². The molecule has 0 atom stereocenters. The molecule has 7 nitrogen and oxygen atoms in total. The summed E-state index contributed by atoms with van der Waals surface area (Å²) >= 11 is 0. The maximum Gasteiger partial charge on any atom is 0.236 e. The first-order chi connectivity index (χ1) is 17.7. The highest BCUT2D eigenvalue weighted by Gasteiger charge is 2.18. The third kappa shape index (κ3) is 5.75. The first-order valence-corrected chi connectivity index (χ1v) is 12.2. The van der Waals surface area contributed by atoms with E-state index in [4.69, 9.17) is 4.74 Å². The predicted molar refractivity (Wildman–Crippen MR) is 141 cm³/mol. The number of imidazole rings is 1. The molecule has 3 aromatic carbocycles. The minimum atomic E-state index is 0.151. The number of hydrogen-bond donors (Lipinski definition) is 1. The van der Waals surface area contributed by atoms with E-state index in [2.05, 4.69) is 75.9 Å². The molecule has 1 aliphatic rings. The van der Waals surface area contributed by atoms with Gasteiger partial charge in [-0.15, -0.1) is 0 Å². The van der Waals surface area contributed by atoms with Gasteiger partial charge in [0.05, 0.1) is 20.0 Å². The first-order valence-electron chi connectivity index (χ1n) is 12.2. The number of piperazine rings is 1. The van der Waals surface area contributed by atoms with Crippen LogP contribution in [0.3, 0.4) is 0 Å². The Kier molecular flexibility index (Phi) is 7.28. The van der Waals surface area contributed by atoms with E-state index in [9.17, 15) is 4.79 Å². The van der Waals surface area contributed by atoms with Crippen LogP contribution in [0.4, 0.5) is 5.69 Å². The Hall–Kier alpha value is -4.10. The van der Waals surface area contributed by atoms with Gasteiger partial charge < -0.3 is 24.4 Å². The van der Waals surface area contributed by atoms with Crippen LogP contribution < -0.4 is 15.0 Å². The molecule has 7 heteroatoms. The molecule has 1 aromatic heterocycles. The SMILES string of the molecule is COc1cccc(CN(Cc2ccc(-n3ccnc3)cc2)c2cccc(CN3CCNCC3=O)c2)c1. The van der Waals surface area contributed by atoms with E-state index in [1.807, 2.05) is 27.8 Å². The second-order valence-electron chi connectivity index (χ2n) is 9.01. The van der Waals surface area contributed by atoms with Gasteiger partial charge in [0.25, 0.3) is 0 Å². The largest absolute Gasteiger partial charge is 0.497 e. The summed E-state index contributed by atoms with van der Waals surface area (Å²) in [5.41, 5.74) is 5.72. The fourth-order valence-corrected chi connectivity index (χ4v) is 4.52. The zero-order valence-electron chi connectivity index (χ0n) is 20.5. The number of rotatable bonds is 9. The van der Waals surface area contributed by atoms with E-state index in [1.54, 1.807) is 19.6 Å². The van der Waals surface area contributed by atoms with Crippen molar-refractivity contribution < 1.29 is 9.53 Å². The van der Waals surface area contributed by atoms with Crippen molar-refractivity contribution in [1.82, 2.24) is 19.8 Å². The highest BCUT2D eigenvalue weighted by molar-refractivity contribution is 5.79. The number of benzene rings is 3. The molecule has 0 spiro atoms. The summed E-state index contributed by atoms with van der Waals surface area (Å²) in [6.07, 6.45) is 5.53. The van der Waals surface area contributed by atoms with Crippen molar-refractivity contribution in [2.45, 2.75) is 19.6 Å². The Bertz CT molecular complexity index is 1290. The van der Waals surface area contributed by atoms with Gasteiger partial charge >= 0.3 is 0 Å². The smallest absolute Gasteiger partial charge is 0.236 e. The van der Waals surface area contributed by atoms with E-state index < -0.39 is 0 Å². The van der Waals surface area contributed by atoms with Gasteiger partial charge in [-0.1, -0.05) is 36.4 Å². The lowest BCUT2D eigenvalue weighted by atomic mass is 10.1. The van der Waals surface area contributed by atoms with E-state index in [-0.39, 0.29) is 5.91 Å². The monoisotopic (exact) mass is 481 g/mol. The van der Waals surface area contributed by atoms with Gasteiger partial charge in [-0.25, -0.2) is 4.98 Å². The Morgan fingerprint density at radius 1 is 0.972 bits per heavy atom. The maximum atomic E-state index is 12.3. The number of ether oxygens (including phenoxy) is 1. The molecule has 5 rings (SSSR count). The average molecular weight is 482 g/mol. The summed E-state index contributed by atoms with van der Waals surface area (Å²) in [4.78, 5) is 20.7. The van der Waals surface area contributed by atoms with Crippen molar-refractivity contribution in [1.29, 1.82) is 0 Å². The predicted octanol–water partition coefficient (Wildman–Crippen LogP) is 4.02. The third-order valence-corrected chi connectivity index (χ3v) is 6.46. The van der Waals surface area contributed by atoms with Crippen molar-refractivity contribution in [3.05, 3.63) is 108 Å². The zero-order valence-corrected chi connectivity index (χ0v) is 20.5. The van der Waals surface area contributed by atoms with Crippen LogP contribution in [0.2, 0.25) is 0 Å². The van der Waals surface area contributed by atoms with Gasteiger partial charge in [-0.2, -0.15) is 0 Å². The summed E-state index contributed by atoms with van der Waals surface area (Å²) in [5.74, 6) is 1.00. The molecular weight excluding hydrogens is 450 g/mol. The standard InChI is InChI=1S/C29H31N5O2/c1-36-28-7-3-5-25(17-28)21-34(19-23-8-10-26(11-9-23)33-15-13-31-22-33)27-6-2-4-24(16-27)20-32-14-12-30-18-29(32)35/h2-11,13,15-17,22,30H,12,14,18-21H2,1H3. The molecule has 1 N–H and O–H groups in total. The van der Waals surface area contributed by atoms with E-state index in [1.165, 1.54) is 11.1 Å². The van der Waals surface area contributed by atoms with Crippen LogP contribution in [0.5, 0.6) is 5.75 Å². The summed E-state index contributed by atoms with van der Waals surface area (Å²) in [6, 6.07) is 25.3. The highest BCUT2D eigenvalue weighted by Crippen LogP contribution is 2.24. The van der Waals surface area contributed by atoms with Crippen LogP contribution in [0.25, 0.3) is 5.69 Å². The number of aromatic nitrogens is 2. The van der Waals surface area contributed by atoms with Gasteiger partial charge in [0.1, 0.15) is 5.75 Å². The fourth-order valence-electron chi connectivity index (χ4n) is 4.52. The quantitative estimate of drug-likeness (QED) is 0.391. The second kappa shape index (κ2) is 11.1. The number of anilines is 1. The number of nitrogens with one attached hydrogen (secondary N) is 1. The van der Waals surface area contributed by atoms with E-state index in [0.29, 0.717) is 13.1 Å². The highest BCUT2D eigenvalue weighted by atomic mass is 16.5. The molecular formula is C29H31N5O2. The number of amides is 1. The summed E-state index contributed by atoms with van der Waals surface area (Å²) in [7, 11) is 1.69. The van der Waals surface area contributed by atoms with Crippen LogP contribution in [-0.4, -0.2) is 47.1 Å². The van der Waals surface area contributed by atoms with Crippen molar-refractivity contribution in [3.8, 4) is 11.4 Å². The lowest BCUT2D eigenvalue weighted by Crippen LogP contribution is -2.47.